The van der Waals surface area contributed by atoms with Gasteiger partial charge in [0.25, 0.3) is 5.91 Å². The highest BCUT2D eigenvalue weighted by molar-refractivity contribution is 6.62. The zero-order valence-electron chi connectivity index (χ0n) is 20.4. The standard InChI is InChI=1S/C24H25BF6N2O4/c1-21(2)22(3,4)37-25(36-21)17-7-5-13(6-8-17)9-18(19(32)34)33-20(35)14-10-15(23(26,27)28)12-16(11-14)24(29,30)31/h5-8,10-12,18H,9H2,1-4H3,(H2,32,34)(H,33,35)/t18-/m0/s1. The maximum atomic E-state index is 13.1. The lowest BCUT2D eigenvalue weighted by Gasteiger charge is -2.32. The van der Waals surface area contributed by atoms with E-state index >= 15 is 0 Å². The Kier molecular flexibility index (Phi) is 7.46. The topological polar surface area (TPSA) is 90.6 Å². The molecule has 37 heavy (non-hydrogen) atoms. The minimum Gasteiger partial charge on any atom is -0.399 e. The number of primary amides is 1. The van der Waals surface area contributed by atoms with E-state index in [-0.39, 0.29) is 24.6 Å². The van der Waals surface area contributed by atoms with E-state index in [4.69, 9.17) is 15.0 Å². The minimum absolute atomic E-state index is 0.0933. The molecule has 2 amide bonds. The van der Waals surface area contributed by atoms with Crippen LogP contribution in [0.2, 0.25) is 0 Å². The monoisotopic (exact) mass is 530 g/mol. The van der Waals surface area contributed by atoms with E-state index in [1.807, 2.05) is 27.7 Å². The number of halogens is 6. The fourth-order valence-electron chi connectivity index (χ4n) is 3.58. The van der Waals surface area contributed by atoms with Crippen molar-refractivity contribution in [1.82, 2.24) is 5.32 Å². The lowest BCUT2D eigenvalue weighted by atomic mass is 9.78. The van der Waals surface area contributed by atoms with Crippen molar-refractivity contribution in [2.45, 2.75) is 63.7 Å². The first-order valence-electron chi connectivity index (χ1n) is 11.1. The maximum absolute atomic E-state index is 13.1. The molecule has 0 aromatic heterocycles. The zero-order valence-corrected chi connectivity index (χ0v) is 20.4. The first kappa shape index (κ1) is 28.5. The molecule has 1 aliphatic rings. The Morgan fingerprint density at radius 3 is 1.76 bits per heavy atom. The highest BCUT2D eigenvalue weighted by Crippen LogP contribution is 2.37. The van der Waals surface area contributed by atoms with Gasteiger partial charge >= 0.3 is 19.5 Å². The van der Waals surface area contributed by atoms with Crippen molar-refractivity contribution in [1.29, 1.82) is 0 Å². The number of benzene rings is 2. The van der Waals surface area contributed by atoms with E-state index < -0.39 is 65.2 Å². The number of nitrogens with one attached hydrogen (secondary N) is 1. The summed E-state index contributed by atoms with van der Waals surface area (Å²) in [6.45, 7) is 7.57. The Labute approximate surface area is 209 Å². The van der Waals surface area contributed by atoms with Crippen LogP contribution in [0.1, 0.15) is 54.7 Å². The molecule has 0 radical (unpaired) electrons. The number of amides is 2. The van der Waals surface area contributed by atoms with Crippen LogP contribution in [0.25, 0.3) is 0 Å². The normalized spacial score (nSPS) is 17.9. The molecule has 1 fully saturated rings. The number of carbonyl (C=O) groups excluding carboxylic acids is 2. The van der Waals surface area contributed by atoms with Crippen molar-refractivity contribution in [2.24, 2.45) is 5.73 Å². The fourth-order valence-corrected chi connectivity index (χ4v) is 3.58. The molecule has 1 atom stereocenters. The van der Waals surface area contributed by atoms with Gasteiger partial charge in [-0.3, -0.25) is 9.59 Å². The maximum Gasteiger partial charge on any atom is 0.494 e. The second-order valence-electron chi connectivity index (χ2n) is 9.76. The van der Waals surface area contributed by atoms with Crippen molar-refractivity contribution in [2.75, 3.05) is 0 Å². The Morgan fingerprint density at radius 1 is 0.892 bits per heavy atom. The molecular weight excluding hydrogens is 505 g/mol. The quantitative estimate of drug-likeness (QED) is 0.439. The van der Waals surface area contributed by atoms with Crippen molar-refractivity contribution >= 4 is 24.4 Å². The van der Waals surface area contributed by atoms with Gasteiger partial charge in [-0.25, -0.2) is 0 Å². The van der Waals surface area contributed by atoms with E-state index in [1.54, 1.807) is 24.3 Å². The molecule has 200 valence electrons. The molecule has 1 saturated heterocycles. The second-order valence-corrected chi connectivity index (χ2v) is 9.76. The smallest absolute Gasteiger partial charge is 0.399 e. The highest BCUT2D eigenvalue weighted by Gasteiger charge is 2.51. The van der Waals surface area contributed by atoms with Gasteiger partial charge in [0.05, 0.1) is 22.3 Å². The van der Waals surface area contributed by atoms with E-state index in [0.29, 0.717) is 11.0 Å². The van der Waals surface area contributed by atoms with Crippen LogP contribution in [0.5, 0.6) is 0 Å². The third-order valence-corrected chi connectivity index (χ3v) is 6.44. The number of carbonyl (C=O) groups is 2. The Hall–Kier alpha value is -3.06. The lowest BCUT2D eigenvalue weighted by molar-refractivity contribution is -0.143. The van der Waals surface area contributed by atoms with Gasteiger partial charge in [-0.05, 0) is 56.9 Å². The molecule has 1 aliphatic heterocycles. The van der Waals surface area contributed by atoms with Crippen molar-refractivity contribution in [3.63, 3.8) is 0 Å². The molecule has 0 bridgehead atoms. The number of hydrogen-bond acceptors (Lipinski definition) is 4. The predicted molar refractivity (Wildman–Crippen MR) is 123 cm³/mol. The third kappa shape index (κ3) is 6.45. The summed E-state index contributed by atoms with van der Waals surface area (Å²) >= 11 is 0. The first-order chi connectivity index (χ1) is 16.8. The van der Waals surface area contributed by atoms with Crippen LogP contribution in [0.3, 0.4) is 0 Å². The second kappa shape index (κ2) is 9.68. The van der Waals surface area contributed by atoms with Crippen LogP contribution in [0.4, 0.5) is 26.3 Å². The van der Waals surface area contributed by atoms with Crippen LogP contribution >= 0.6 is 0 Å². The van der Waals surface area contributed by atoms with Gasteiger partial charge in [0.2, 0.25) is 5.91 Å². The number of alkyl halides is 6. The fraction of sp³-hybridized carbons (Fsp3) is 0.417. The molecule has 3 N–H and O–H groups in total. The molecule has 1 heterocycles. The summed E-state index contributed by atoms with van der Waals surface area (Å²) in [7, 11) is -0.644. The summed E-state index contributed by atoms with van der Waals surface area (Å²) in [5.74, 6) is -2.33. The Bertz CT molecular complexity index is 1130. The molecule has 0 saturated carbocycles. The van der Waals surface area contributed by atoms with Crippen LogP contribution < -0.4 is 16.5 Å². The van der Waals surface area contributed by atoms with Crippen LogP contribution in [0, 0.1) is 0 Å². The summed E-state index contributed by atoms with van der Waals surface area (Å²) < 4.78 is 90.6. The van der Waals surface area contributed by atoms with Gasteiger partial charge in [0.1, 0.15) is 6.04 Å². The summed E-state index contributed by atoms with van der Waals surface area (Å²) in [6.07, 6.45) is -10.4. The van der Waals surface area contributed by atoms with E-state index in [9.17, 15) is 35.9 Å². The molecular formula is C24H25BF6N2O4. The molecule has 2 aromatic rings. The summed E-state index contributed by atoms with van der Waals surface area (Å²) in [5, 5.41) is 2.13. The predicted octanol–water partition coefficient (Wildman–Crippen LogP) is 3.85. The summed E-state index contributed by atoms with van der Waals surface area (Å²) in [4.78, 5) is 24.5. The molecule has 0 aliphatic carbocycles. The van der Waals surface area contributed by atoms with Gasteiger partial charge < -0.3 is 20.4 Å². The SMILES string of the molecule is CC1(C)OB(c2ccc(C[C@H](NC(=O)c3cc(C(F)(F)F)cc(C(F)(F)F)c3)C(N)=O)cc2)OC1(C)C. The van der Waals surface area contributed by atoms with Crippen LogP contribution in [-0.2, 0) is 32.9 Å². The third-order valence-electron chi connectivity index (χ3n) is 6.44. The summed E-state index contributed by atoms with van der Waals surface area (Å²) in [6, 6.07) is 5.66. The van der Waals surface area contributed by atoms with Crippen molar-refractivity contribution < 1.29 is 45.2 Å². The largest absolute Gasteiger partial charge is 0.494 e. The number of nitrogens with two attached hydrogens (primary N) is 1. The Morgan fingerprint density at radius 2 is 1.35 bits per heavy atom. The average molecular weight is 530 g/mol. The van der Waals surface area contributed by atoms with Gasteiger partial charge in [0.15, 0.2) is 0 Å². The van der Waals surface area contributed by atoms with Gasteiger partial charge in [0, 0.05) is 12.0 Å². The molecule has 2 aromatic carbocycles. The van der Waals surface area contributed by atoms with Crippen LogP contribution in [0.15, 0.2) is 42.5 Å². The van der Waals surface area contributed by atoms with E-state index in [2.05, 4.69) is 5.32 Å². The van der Waals surface area contributed by atoms with Crippen LogP contribution in [-0.4, -0.2) is 36.2 Å². The molecule has 0 unspecified atom stereocenters. The van der Waals surface area contributed by atoms with Gasteiger partial charge in [-0.1, -0.05) is 24.3 Å². The molecule has 0 spiro atoms. The Balaban J connectivity index is 1.78. The van der Waals surface area contributed by atoms with E-state index in [0.717, 1.165) is 0 Å². The minimum atomic E-state index is -5.13. The molecule has 13 heteroatoms. The highest BCUT2D eigenvalue weighted by atomic mass is 19.4. The molecule has 3 rings (SSSR count). The first-order valence-corrected chi connectivity index (χ1v) is 11.1. The summed E-state index contributed by atoms with van der Waals surface area (Å²) in [5.41, 5.74) is 1.21. The van der Waals surface area contributed by atoms with Crippen molar-refractivity contribution in [3.05, 3.63) is 64.7 Å². The van der Waals surface area contributed by atoms with Gasteiger partial charge in [-0.2, -0.15) is 26.3 Å². The average Bonchev–Trinajstić information content (AvgIpc) is 2.99. The number of rotatable bonds is 6. The lowest BCUT2D eigenvalue weighted by Crippen LogP contribution is -2.46. The van der Waals surface area contributed by atoms with E-state index in [1.165, 1.54) is 0 Å². The number of hydrogen-bond donors (Lipinski definition) is 2. The van der Waals surface area contributed by atoms with Crippen molar-refractivity contribution in [3.8, 4) is 0 Å². The molecule has 6 nitrogen and oxygen atoms in total. The zero-order chi connectivity index (χ0) is 28.0. The van der Waals surface area contributed by atoms with Gasteiger partial charge in [-0.15, -0.1) is 0 Å².